The van der Waals surface area contributed by atoms with E-state index in [1.165, 1.54) is 25.9 Å². The molecule has 1 aliphatic heterocycles. The van der Waals surface area contributed by atoms with Crippen LogP contribution in [0.15, 0.2) is 36.7 Å². The van der Waals surface area contributed by atoms with Crippen molar-refractivity contribution in [1.82, 2.24) is 25.2 Å². The first kappa shape index (κ1) is 19.0. The van der Waals surface area contributed by atoms with Crippen LogP contribution in [0.3, 0.4) is 0 Å². The standard InChI is InChI=1S/C20H30FN5/c1-17-8-13-25(14-9-17)12-2-3-20(18-4-6-19(21)7-5-18)22-10-15-26-16-11-23-24-26/h4-7,11,16-17,20,22H,2-3,8-10,12-15H2,1H3/t20-/m1/s1. The lowest BCUT2D eigenvalue weighted by Gasteiger charge is -2.30. The smallest absolute Gasteiger partial charge is 0.123 e. The summed E-state index contributed by atoms with van der Waals surface area (Å²) in [6, 6.07) is 7.12. The molecule has 1 N–H and O–H groups in total. The van der Waals surface area contributed by atoms with Gasteiger partial charge in [0.2, 0.25) is 0 Å². The Kier molecular flexibility index (Phi) is 7.14. The fraction of sp³-hybridized carbons (Fsp3) is 0.600. The third-order valence-electron chi connectivity index (χ3n) is 5.32. The molecule has 1 aromatic heterocycles. The minimum atomic E-state index is -0.183. The Morgan fingerprint density at radius 3 is 2.65 bits per heavy atom. The summed E-state index contributed by atoms with van der Waals surface area (Å²) in [5.74, 6) is 0.689. The van der Waals surface area contributed by atoms with E-state index in [0.717, 1.165) is 44.0 Å². The van der Waals surface area contributed by atoms with Gasteiger partial charge in [-0.2, -0.15) is 0 Å². The molecule has 142 valence electrons. The molecule has 1 aromatic carbocycles. The molecule has 1 fully saturated rings. The molecule has 26 heavy (non-hydrogen) atoms. The summed E-state index contributed by atoms with van der Waals surface area (Å²) in [6.07, 6.45) is 8.39. The topological polar surface area (TPSA) is 46.0 Å². The van der Waals surface area contributed by atoms with E-state index in [0.29, 0.717) is 0 Å². The van der Waals surface area contributed by atoms with E-state index >= 15 is 0 Å². The Morgan fingerprint density at radius 2 is 1.96 bits per heavy atom. The van der Waals surface area contributed by atoms with E-state index in [9.17, 15) is 4.39 Å². The average Bonchev–Trinajstić information content (AvgIpc) is 3.16. The van der Waals surface area contributed by atoms with Crippen LogP contribution in [0.4, 0.5) is 4.39 Å². The van der Waals surface area contributed by atoms with E-state index in [1.54, 1.807) is 18.3 Å². The third kappa shape index (κ3) is 5.88. The van der Waals surface area contributed by atoms with Gasteiger partial charge in [-0.25, -0.2) is 4.39 Å². The van der Waals surface area contributed by atoms with Crippen molar-refractivity contribution in [2.75, 3.05) is 26.2 Å². The molecule has 2 heterocycles. The van der Waals surface area contributed by atoms with Gasteiger partial charge in [0.05, 0.1) is 12.7 Å². The number of rotatable bonds is 9. The lowest BCUT2D eigenvalue weighted by atomic mass is 9.98. The molecular formula is C20H30FN5. The molecule has 0 saturated carbocycles. The molecule has 0 spiro atoms. The minimum absolute atomic E-state index is 0.183. The van der Waals surface area contributed by atoms with Crippen LogP contribution in [0.1, 0.15) is 44.2 Å². The van der Waals surface area contributed by atoms with Crippen LogP contribution in [0.5, 0.6) is 0 Å². The van der Waals surface area contributed by atoms with Crippen molar-refractivity contribution in [3.05, 3.63) is 48.0 Å². The van der Waals surface area contributed by atoms with Crippen LogP contribution in [-0.2, 0) is 6.54 Å². The van der Waals surface area contributed by atoms with E-state index < -0.39 is 0 Å². The Bertz CT molecular complexity index is 620. The molecule has 5 nitrogen and oxygen atoms in total. The van der Waals surface area contributed by atoms with E-state index in [4.69, 9.17) is 0 Å². The van der Waals surface area contributed by atoms with Crippen molar-refractivity contribution >= 4 is 0 Å². The van der Waals surface area contributed by atoms with Crippen LogP contribution in [0.25, 0.3) is 0 Å². The van der Waals surface area contributed by atoms with Crippen LogP contribution < -0.4 is 5.32 Å². The maximum absolute atomic E-state index is 13.3. The fourth-order valence-electron chi connectivity index (χ4n) is 3.59. The van der Waals surface area contributed by atoms with Crippen LogP contribution in [0, 0.1) is 11.7 Å². The van der Waals surface area contributed by atoms with Crippen molar-refractivity contribution in [2.24, 2.45) is 5.92 Å². The monoisotopic (exact) mass is 359 g/mol. The van der Waals surface area contributed by atoms with Crippen molar-refractivity contribution in [2.45, 2.75) is 45.2 Å². The molecule has 0 radical (unpaired) electrons. The molecule has 1 aliphatic rings. The van der Waals surface area contributed by atoms with E-state index in [-0.39, 0.29) is 11.9 Å². The summed E-state index contributed by atoms with van der Waals surface area (Å²) < 4.78 is 15.1. The first-order chi connectivity index (χ1) is 12.7. The molecule has 3 rings (SSSR count). The van der Waals surface area contributed by atoms with Gasteiger partial charge >= 0.3 is 0 Å². The normalized spacial score (nSPS) is 17.5. The Morgan fingerprint density at radius 1 is 1.19 bits per heavy atom. The molecule has 1 saturated heterocycles. The predicted molar refractivity (Wildman–Crippen MR) is 101 cm³/mol. The zero-order valence-electron chi connectivity index (χ0n) is 15.6. The second-order valence-corrected chi connectivity index (χ2v) is 7.39. The molecule has 0 bridgehead atoms. The molecular weight excluding hydrogens is 329 g/mol. The molecule has 2 aromatic rings. The third-order valence-corrected chi connectivity index (χ3v) is 5.32. The van der Waals surface area contributed by atoms with Crippen molar-refractivity contribution in [1.29, 1.82) is 0 Å². The number of nitrogens with one attached hydrogen (secondary N) is 1. The number of benzene rings is 1. The highest BCUT2D eigenvalue weighted by atomic mass is 19.1. The Balaban J connectivity index is 1.49. The SMILES string of the molecule is CC1CCN(CCC[C@@H](NCCn2ccnn2)c2ccc(F)cc2)CC1. The predicted octanol–water partition coefficient (Wildman–Crippen LogP) is 3.26. The van der Waals surface area contributed by atoms with Gasteiger partial charge in [-0.05, 0) is 68.9 Å². The fourth-order valence-corrected chi connectivity index (χ4v) is 3.59. The van der Waals surface area contributed by atoms with Gasteiger partial charge in [-0.3, -0.25) is 4.68 Å². The average molecular weight is 359 g/mol. The van der Waals surface area contributed by atoms with E-state index in [1.807, 2.05) is 23.0 Å². The number of piperidine rings is 1. The van der Waals surface area contributed by atoms with Gasteiger partial charge in [0, 0.05) is 18.8 Å². The summed E-state index contributed by atoms with van der Waals surface area (Å²) >= 11 is 0. The molecule has 1 atom stereocenters. The largest absolute Gasteiger partial charge is 0.308 e. The van der Waals surface area contributed by atoms with Gasteiger partial charge in [0.1, 0.15) is 5.82 Å². The van der Waals surface area contributed by atoms with Gasteiger partial charge in [-0.1, -0.05) is 24.3 Å². The first-order valence-electron chi connectivity index (χ1n) is 9.76. The van der Waals surface area contributed by atoms with Gasteiger partial charge in [0.25, 0.3) is 0 Å². The number of aromatic nitrogens is 3. The second kappa shape index (κ2) is 9.78. The van der Waals surface area contributed by atoms with Gasteiger partial charge in [-0.15, -0.1) is 5.10 Å². The summed E-state index contributed by atoms with van der Waals surface area (Å²) in [4.78, 5) is 2.58. The molecule has 6 heteroatoms. The minimum Gasteiger partial charge on any atom is -0.308 e. The molecule has 0 aliphatic carbocycles. The summed E-state index contributed by atoms with van der Waals surface area (Å²) in [7, 11) is 0. The summed E-state index contributed by atoms with van der Waals surface area (Å²) in [5, 5.41) is 11.4. The van der Waals surface area contributed by atoms with Crippen molar-refractivity contribution in [3.63, 3.8) is 0 Å². The Labute approximate surface area is 155 Å². The zero-order valence-corrected chi connectivity index (χ0v) is 15.6. The first-order valence-corrected chi connectivity index (χ1v) is 9.76. The number of nitrogens with zero attached hydrogens (tertiary/aromatic N) is 4. The van der Waals surface area contributed by atoms with Crippen LogP contribution in [0.2, 0.25) is 0 Å². The van der Waals surface area contributed by atoms with Gasteiger partial charge < -0.3 is 10.2 Å². The number of hydrogen-bond acceptors (Lipinski definition) is 4. The maximum atomic E-state index is 13.3. The van der Waals surface area contributed by atoms with Crippen molar-refractivity contribution in [3.8, 4) is 0 Å². The van der Waals surface area contributed by atoms with Gasteiger partial charge in [0.15, 0.2) is 0 Å². The van der Waals surface area contributed by atoms with Crippen LogP contribution >= 0.6 is 0 Å². The molecule has 0 unspecified atom stereocenters. The quantitative estimate of drug-likeness (QED) is 0.746. The lowest BCUT2D eigenvalue weighted by Crippen LogP contribution is -2.34. The van der Waals surface area contributed by atoms with Crippen molar-refractivity contribution < 1.29 is 4.39 Å². The number of hydrogen-bond donors (Lipinski definition) is 1. The zero-order chi connectivity index (χ0) is 18.2. The number of likely N-dealkylation sites (tertiary alicyclic amines) is 1. The molecule has 0 amide bonds. The highest BCUT2D eigenvalue weighted by Gasteiger charge is 2.16. The number of halogens is 1. The highest BCUT2D eigenvalue weighted by molar-refractivity contribution is 5.19. The van der Waals surface area contributed by atoms with E-state index in [2.05, 4.69) is 27.5 Å². The maximum Gasteiger partial charge on any atom is 0.123 e. The van der Waals surface area contributed by atoms with Crippen LogP contribution in [-0.4, -0.2) is 46.1 Å². The highest BCUT2D eigenvalue weighted by Crippen LogP contribution is 2.21. The second-order valence-electron chi connectivity index (χ2n) is 7.39. The summed E-state index contributed by atoms with van der Waals surface area (Å²) in [5.41, 5.74) is 1.15. The lowest BCUT2D eigenvalue weighted by molar-refractivity contribution is 0.187. The summed E-state index contributed by atoms with van der Waals surface area (Å²) in [6.45, 7) is 7.54. The Hall–Kier alpha value is -1.79.